The van der Waals surface area contributed by atoms with E-state index in [0.29, 0.717) is 24.1 Å². The number of aromatic hydroxyl groups is 1. The maximum Gasteiger partial charge on any atom is 0.119 e. The highest BCUT2D eigenvalue weighted by atomic mass is 16.3. The highest BCUT2D eigenvalue weighted by Crippen LogP contribution is 2.30. The topological polar surface area (TPSA) is 46.2 Å². The molecule has 1 aromatic carbocycles. The summed E-state index contributed by atoms with van der Waals surface area (Å²) < 4.78 is 0. The predicted octanol–water partition coefficient (Wildman–Crippen LogP) is 2.97. The van der Waals surface area contributed by atoms with Crippen LogP contribution in [0.3, 0.4) is 0 Å². The molecule has 0 bridgehead atoms. The molecular weight excluding hydrogens is 186 g/mol. The Morgan fingerprint density at radius 3 is 2.47 bits per heavy atom. The van der Waals surface area contributed by atoms with Gasteiger partial charge in [-0.2, -0.15) is 0 Å². The zero-order valence-electron chi connectivity index (χ0n) is 9.83. The van der Waals surface area contributed by atoms with E-state index in [-0.39, 0.29) is 0 Å². The van der Waals surface area contributed by atoms with Crippen LogP contribution in [0.25, 0.3) is 0 Å². The number of hydrogen-bond acceptors (Lipinski definition) is 2. The van der Waals surface area contributed by atoms with Crippen LogP contribution in [0.5, 0.6) is 5.75 Å². The summed E-state index contributed by atoms with van der Waals surface area (Å²) in [6.45, 7) is 7.08. The van der Waals surface area contributed by atoms with Crippen molar-refractivity contribution in [2.45, 2.75) is 39.0 Å². The van der Waals surface area contributed by atoms with Crippen molar-refractivity contribution in [1.82, 2.24) is 0 Å². The molecule has 0 radical (unpaired) electrons. The van der Waals surface area contributed by atoms with E-state index in [4.69, 9.17) is 5.73 Å². The number of nitrogens with two attached hydrogens (primary N) is 1. The van der Waals surface area contributed by atoms with Crippen LogP contribution < -0.4 is 5.73 Å². The molecule has 2 heteroatoms. The fraction of sp³-hybridized carbons (Fsp3) is 0.538. The Balaban J connectivity index is 2.99. The molecule has 1 rings (SSSR count). The molecule has 3 N–H and O–H groups in total. The van der Waals surface area contributed by atoms with Crippen molar-refractivity contribution in [3.63, 3.8) is 0 Å². The summed E-state index contributed by atoms with van der Waals surface area (Å²) in [6.07, 6.45) is 0.912. The van der Waals surface area contributed by atoms with Gasteiger partial charge in [0.15, 0.2) is 0 Å². The Kier molecular flexibility index (Phi) is 4.15. The zero-order valence-corrected chi connectivity index (χ0v) is 9.83. The first-order valence-corrected chi connectivity index (χ1v) is 5.59. The van der Waals surface area contributed by atoms with Crippen molar-refractivity contribution >= 4 is 0 Å². The van der Waals surface area contributed by atoms with Crippen molar-refractivity contribution in [2.75, 3.05) is 6.54 Å². The van der Waals surface area contributed by atoms with E-state index < -0.39 is 0 Å². The fourth-order valence-electron chi connectivity index (χ4n) is 1.73. The van der Waals surface area contributed by atoms with Crippen molar-refractivity contribution in [2.24, 2.45) is 5.73 Å². The third kappa shape index (κ3) is 2.96. The molecule has 0 heterocycles. The summed E-state index contributed by atoms with van der Waals surface area (Å²) in [4.78, 5) is 0. The van der Waals surface area contributed by atoms with Gasteiger partial charge in [-0.1, -0.05) is 32.9 Å². The first-order chi connectivity index (χ1) is 7.06. The molecule has 1 atom stereocenters. The monoisotopic (exact) mass is 207 g/mol. The Hall–Kier alpha value is -1.02. The minimum atomic E-state index is 0.327. The normalized spacial score (nSPS) is 13.1. The van der Waals surface area contributed by atoms with Gasteiger partial charge in [-0.3, -0.25) is 0 Å². The average molecular weight is 207 g/mol. The lowest BCUT2D eigenvalue weighted by Crippen LogP contribution is -2.05. The Morgan fingerprint density at radius 2 is 1.93 bits per heavy atom. The molecule has 0 spiro atoms. The molecule has 0 aliphatic heterocycles. The second-order valence-corrected chi connectivity index (χ2v) is 4.45. The molecule has 0 fully saturated rings. The molecule has 0 saturated carbocycles. The van der Waals surface area contributed by atoms with Gasteiger partial charge in [0.2, 0.25) is 0 Å². The van der Waals surface area contributed by atoms with Crippen LogP contribution in [-0.4, -0.2) is 11.7 Å². The van der Waals surface area contributed by atoms with Gasteiger partial charge in [0.25, 0.3) is 0 Å². The molecule has 0 aliphatic carbocycles. The van der Waals surface area contributed by atoms with Crippen LogP contribution >= 0.6 is 0 Å². The highest BCUT2D eigenvalue weighted by molar-refractivity contribution is 5.39. The third-order valence-corrected chi connectivity index (χ3v) is 2.85. The van der Waals surface area contributed by atoms with E-state index in [1.54, 1.807) is 6.07 Å². The molecule has 15 heavy (non-hydrogen) atoms. The van der Waals surface area contributed by atoms with E-state index >= 15 is 0 Å². The van der Waals surface area contributed by atoms with Gasteiger partial charge >= 0.3 is 0 Å². The van der Waals surface area contributed by atoms with Crippen molar-refractivity contribution in [1.29, 1.82) is 0 Å². The second-order valence-electron chi connectivity index (χ2n) is 4.45. The van der Waals surface area contributed by atoms with Gasteiger partial charge in [0, 0.05) is 0 Å². The zero-order chi connectivity index (χ0) is 11.4. The predicted molar refractivity (Wildman–Crippen MR) is 64.3 cm³/mol. The van der Waals surface area contributed by atoms with E-state index in [0.717, 1.165) is 12.0 Å². The van der Waals surface area contributed by atoms with Crippen LogP contribution in [0.1, 0.15) is 50.2 Å². The highest BCUT2D eigenvalue weighted by Gasteiger charge is 2.11. The van der Waals surface area contributed by atoms with Gasteiger partial charge in [-0.15, -0.1) is 0 Å². The summed E-state index contributed by atoms with van der Waals surface area (Å²) in [6, 6.07) is 5.87. The summed E-state index contributed by atoms with van der Waals surface area (Å²) >= 11 is 0. The van der Waals surface area contributed by atoms with Crippen molar-refractivity contribution < 1.29 is 5.11 Å². The molecule has 2 nitrogen and oxygen atoms in total. The van der Waals surface area contributed by atoms with E-state index in [2.05, 4.69) is 26.8 Å². The molecule has 0 amide bonds. The van der Waals surface area contributed by atoms with Crippen LogP contribution in [0.15, 0.2) is 18.2 Å². The Labute approximate surface area is 92.1 Å². The van der Waals surface area contributed by atoms with Crippen molar-refractivity contribution in [3.05, 3.63) is 29.3 Å². The van der Waals surface area contributed by atoms with Gasteiger partial charge in [-0.25, -0.2) is 0 Å². The Morgan fingerprint density at radius 1 is 1.27 bits per heavy atom. The molecule has 84 valence electrons. The first kappa shape index (κ1) is 12.1. The minimum absolute atomic E-state index is 0.327. The lowest BCUT2D eigenvalue weighted by molar-refractivity contribution is 0.460. The van der Waals surface area contributed by atoms with E-state index in [9.17, 15) is 5.11 Å². The molecule has 0 aromatic heterocycles. The van der Waals surface area contributed by atoms with E-state index in [1.807, 2.05) is 6.07 Å². The number of benzene rings is 1. The molecule has 0 aliphatic rings. The lowest BCUT2D eigenvalue weighted by atomic mass is 9.92. The van der Waals surface area contributed by atoms with Crippen molar-refractivity contribution in [3.8, 4) is 5.75 Å². The fourth-order valence-corrected chi connectivity index (χ4v) is 1.73. The quantitative estimate of drug-likeness (QED) is 0.797. The molecule has 1 aromatic rings. The Bertz CT molecular complexity index is 320. The van der Waals surface area contributed by atoms with Crippen LogP contribution in [0.4, 0.5) is 0 Å². The third-order valence-electron chi connectivity index (χ3n) is 2.85. The van der Waals surface area contributed by atoms with E-state index in [1.165, 1.54) is 5.56 Å². The van der Waals surface area contributed by atoms with Gasteiger partial charge < -0.3 is 10.8 Å². The van der Waals surface area contributed by atoms with Crippen LogP contribution in [-0.2, 0) is 0 Å². The molecular formula is C13H21NO. The summed E-state index contributed by atoms with van der Waals surface area (Å²) in [5.41, 5.74) is 7.82. The van der Waals surface area contributed by atoms with Gasteiger partial charge in [-0.05, 0) is 42.0 Å². The summed E-state index contributed by atoms with van der Waals surface area (Å²) in [7, 11) is 0. The maximum absolute atomic E-state index is 9.77. The first-order valence-electron chi connectivity index (χ1n) is 5.59. The molecule has 0 saturated heterocycles. The number of hydrogen-bond donors (Lipinski definition) is 2. The largest absolute Gasteiger partial charge is 0.508 e. The number of phenols is 1. The van der Waals surface area contributed by atoms with Crippen LogP contribution in [0, 0.1) is 0 Å². The smallest absolute Gasteiger partial charge is 0.119 e. The second kappa shape index (κ2) is 5.17. The molecule has 1 unspecified atom stereocenters. The average Bonchev–Trinajstić information content (AvgIpc) is 2.18. The summed E-state index contributed by atoms with van der Waals surface area (Å²) in [5.74, 6) is 1.21. The summed E-state index contributed by atoms with van der Waals surface area (Å²) in [5, 5.41) is 9.77. The SMILES string of the molecule is CC(C)c1ccc(O)c(C(C)CCN)c1. The lowest BCUT2D eigenvalue weighted by Gasteiger charge is -2.15. The minimum Gasteiger partial charge on any atom is -0.508 e. The van der Waals surface area contributed by atoms with Crippen LogP contribution in [0.2, 0.25) is 0 Å². The maximum atomic E-state index is 9.77. The number of phenolic OH excluding ortho intramolecular Hbond substituents is 1. The van der Waals surface area contributed by atoms with Gasteiger partial charge in [0.1, 0.15) is 5.75 Å². The number of rotatable bonds is 4. The van der Waals surface area contributed by atoms with Gasteiger partial charge in [0.05, 0.1) is 0 Å². The standard InChI is InChI=1S/C13H21NO/c1-9(2)11-4-5-13(15)12(8-11)10(3)6-7-14/h4-5,8-10,15H,6-7,14H2,1-3H3.